The lowest BCUT2D eigenvalue weighted by Crippen LogP contribution is -2.30. The third kappa shape index (κ3) is 3.30. The molecule has 1 aliphatic rings. The summed E-state index contributed by atoms with van der Waals surface area (Å²) in [6.07, 6.45) is 0.951. The molecule has 1 aromatic carbocycles. The lowest BCUT2D eigenvalue weighted by molar-refractivity contribution is 0.0786. The van der Waals surface area contributed by atoms with Crippen LogP contribution in [0.25, 0.3) is 5.69 Å². The molecule has 0 spiro atoms. The summed E-state index contributed by atoms with van der Waals surface area (Å²) in [6, 6.07) is 6.09. The van der Waals surface area contributed by atoms with Gasteiger partial charge in [-0.05, 0) is 57.0 Å². The second-order valence-corrected chi connectivity index (χ2v) is 6.08. The summed E-state index contributed by atoms with van der Waals surface area (Å²) >= 11 is 0. The molecule has 1 unspecified atom stereocenters. The number of hydrogen-bond acceptors (Lipinski definition) is 3. The maximum absolute atomic E-state index is 13.1. The van der Waals surface area contributed by atoms with E-state index in [1.165, 1.54) is 12.1 Å². The molecule has 7 heteroatoms. The van der Waals surface area contributed by atoms with Crippen molar-refractivity contribution >= 4 is 18.3 Å². The minimum atomic E-state index is -0.295. The lowest BCUT2D eigenvalue weighted by atomic mass is 10.1. The van der Waals surface area contributed by atoms with Crippen LogP contribution in [-0.4, -0.2) is 40.2 Å². The number of nitrogens with two attached hydrogens (primary N) is 1. The van der Waals surface area contributed by atoms with E-state index in [0.29, 0.717) is 30.3 Å². The SMILES string of the molecule is Cc1nn(-c2ccc(F)cc2)c(C)c1C(=O)N1CCC(CN)C1.Cl. The first-order chi connectivity index (χ1) is 11.0. The number of hydrogen-bond donors (Lipinski definition) is 1. The number of halogens is 2. The maximum Gasteiger partial charge on any atom is 0.257 e. The Bertz CT molecular complexity index is 729. The third-order valence-corrected chi connectivity index (χ3v) is 4.48. The number of aryl methyl sites for hydroxylation is 1. The van der Waals surface area contributed by atoms with Crippen molar-refractivity contribution in [3.63, 3.8) is 0 Å². The fraction of sp³-hybridized carbons (Fsp3) is 0.412. The van der Waals surface area contributed by atoms with E-state index in [2.05, 4.69) is 5.10 Å². The van der Waals surface area contributed by atoms with Crippen LogP contribution in [0.15, 0.2) is 24.3 Å². The average molecular weight is 353 g/mol. The van der Waals surface area contributed by atoms with Crippen LogP contribution in [0, 0.1) is 25.6 Å². The predicted molar refractivity (Wildman–Crippen MR) is 93.3 cm³/mol. The van der Waals surface area contributed by atoms with E-state index in [4.69, 9.17) is 5.73 Å². The zero-order chi connectivity index (χ0) is 16.6. The molecule has 5 nitrogen and oxygen atoms in total. The zero-order valence-electron chi connectivity index (χ0n) is 13.8. The van der Waals surface area contributed by atoms with Crippen molar-refractivity contribution in [2.45, 2.75) is 20.3 Å². The number of aromatic nitrogens is 2. The minimum Gasteiger partial charge on any atom is -0.338 e. The molecule has 1 saturated heterocycles. The van der Waals surface area contributed by atoms with Gasteiger partial charge in [0.05, 0.1) is 22.6 Å². The highest BCUT2D eigenvalue weighted by atomic mass is 35.5. The Morgan fingerprint density at radius 1 is 1.33 bits per heavy atom. The minimum absolute atomic E-state index is 0. The smallest absolute Gasteiger partial charge is 0.257 e. The van der Waals surface area contributed by atoms with Crippen molar-refractivity contribution in [3.8, 4) is 5.69 Å². The highest BCUT2D eigenvalue weighted by molar-refractivity contribution is 5.96. The summed E-state index contributed by atoms with van der Waals surface area (Å²) in [5.41, 5.74) is 8.54. The molecule has 2 aromatic rings. The van der Waals surface area contributed by atoms with Crippen molar-refractivity contribution in [3.05, 3.63) is 47.0 Å². The first kappa shape index (κ1) is 18.4. The molecule has 0 bridgehead atoms. The summed E-state index contributed by atoms with van der Waals surface area (Å²) in [5, 5.41) is 4.46. The predicted octanol–water partition coefficient (Wildman–Crippen LogP) is 2.47. The second-order valence-electron chi connectivity index (χ2n) is 6.08. The number of carbonyl (C=O) groups excluding carboxylic acids is 1. The Morgan fingerprint density at radius 3 is 2.58 bits per heavy atom. The van der Waals surface area contributed by atoms with Gasteiger partial charge >= 0.3 is 0 Å². The molecule has 0 saturated carbocycles. The lowest BCUT2D eigenvalue weighted by Gasteiger charge is -2.16. The first-order valence-corrected chi connectivity index (χ1v) is 7.82. The number of benzene rings is 1. The number of nitrogens with zero attached hydrogens (tertiary/aromatic N) is 3. The van der Waals surface area contributed by atoms with Crippen LogP contribution in [0.4, 0.5) is 4.39 Å². The molecule has 1 aromatic heterocycles. The summed E-state index contributed by atoms with van der Waals surface area (Å²) in [7, 11) is 0. The van der Waals surface area contributed by atoms with Crippen LogP contribution < -0.4 is 5.73 Å². The largest absolute Gasteiger partial charge is 0.338 e. The molecule has 24 heavy (non-hydrogen) atoms. The normalized spacial score (nSPS) is 17.0. The Hall–Kier alpha value is -1.92. The molecule has 0 radical (unpaired) electrons. The van der Waals surface area contributed by atoms with Crippen molar-refractivity contribution < 1.29 is 9.18 Å². The molecular formula is C17H22ClFN4O. The summed E-state index contributed by atoms with van der Waals surface area (Å²) in [4.78, 5) is 14.7. The topological polar surface area (TPSA) is 64.2 Å². The van der Waals surface area contributed by atoms with E-state index in [1.807, 2.05) is 18.7 Å². The standard InChI is InChI=1S/C17H21FN4O.ClH/c1-11-16(17(23)21-8-7-13(9-19)10-21)12(2)22(20-11)15-5-3-14(18)4-6-15;/h3-6,13H,7-10,19H2,1-2H3;1H. The molecule has 1 fully saturated rings. The van der Waals surface area contributed by atoms with E-state index < -0.39 is 0 Å². The summed E-state index contributed by atoms with van der Waals surface area (Å²) in [5.74, 6) is 0.0903. The van der Waals surface area contributed by atoms with Crippen molar-refractivity contribution in [2.24, 2.45) is 11.7 Å². The number of carbonyl (C=O) groups is 1. The van der Waals surface area contributed by atoms with Gasteiger partial charge in [-0.1, -0.05) is 0 Å². The van der Waals surface area contributed by atoms with Crippen LogP contribution in [0.1, 0.15) is 28.2 Å². The number of amides is 1. The van der Waals surface area contributed by atoms with Gasteiger partial charge in [-0.2, -0.15) is 5.10 Å². The molecule has 2 N–H and O–H groups in total. The molecule has 1 atom stereocenters. The van der Waals surface area contributed by atoms with Gasteiger partial charge in [0.25, 0.3) is 5.91 Å². The number of likely N-dealkylation sites (tertiary alicyclic amines) is 1. The maximum atomic E-state index is 13.1. The van der Waals surface area contributed by atoms with E-state index >= 15 is 0 Å². The molecule has 2 heterocycles. The third-order valence-electron chi connectivity index (χ3n) is 4.48. The molecule has 1 amide bonds. The van der Waals surface area contributed by atoms with E-state index in [0.717, 1.165) is 24.3 Å². The van der Waals surface area contributed by atoms with Gasteiger partial charge in [-0.15, -0.1) is 12.4 Å². The Kier molecular flexibility index (Phi) is 5.62. The van der Waals surface area contributed by atoms with Crippen molar-refractivity contribution in [2.75, 3.05) is 19.6 Å². The fourth-order valence-electron chi connectivity index (χ4n) is 3.15. The van der Waals surface area contributed by atoms with Crippen LogP contribution in [-0.2, 0) is 0 Å². The fourth-order valence-corrected chi connectivity index (χ4v) is 3.15. The highest BCUT2D eigenvalue weighted by Crippen LogP contribution is 2.23. The first-order valence-electron chi connectivity index (χ1n) is 7.82. The van der Waals surface area contributed by atoms with Gasteiger partial charge in [0.15, 0.2) is 0 Å². The number of rotatable bonds is 3. The summed E-state index contributed by atoms with van der Waals surface area (Å²) < 4.78 is 14.8. The second kappa shape index (κ2) is 7.32. The van der Waals surface area contributed by atoms with Gasteiger partial charge in [0, 0.05) is 13.1 Å². The van der Waals surface area contributed by atoms with Crippen LogP contribution in [0.3, 0.4) is 0 Å². The molecule has 1 aliphatic heterocycles. The van der Waals surface area contributed by atoms with Gasteiger partial charge in [-0.25, -0.2) is 9.07 Å². The van der Waals surface area contributed by atoms with E-state index in [9.17, 15) is 9.18 Å². The zero-order valence-corrected chi connectivity index (χ0v) is 14.6. The van der Waals surface area contributed by atoms with Crippen LogP contribution in [0.2, 0.25) is 0 Å². The molecular weight excluding hydrogens is 331 g/mol. The van der Waals surface area contributed by atoms with Crippen LogP contribution in [0.5, 0.6) is 0 Å². The van der Waals surface area contributed by atoms with E-state index in [1.54, 1.807) is 16.8 Å². The monoisotopic (exact) mass is 352 g/mol. The molecule has 3 rings (SSSR count). The van der Waals surface area contributed by atoms with Crippen molar-refractivity contribution in [1.82, 2.24) is 14.7 Å². The van der Waals surface area contributed by atoms with Gasteiger partial charge in [-0.3, -0.25) is 4.79 Å². The Balaban J connectivity index is 0.00000208. The quantitative estimate of drug-likeness (QED) is 0.923. The Morgan fingerprint density at radius 2 is 2.00 bits per heavy atom. The highest BCUT2D eigenvalue weighted by Gasteiger charge is 2.29. The molecule has 0 aliphatic carbocycles. The van der Waals surface area contributed by atoms with Crippen LogP contribution >= 0.6 is 12.4 Å². The Labute approximate surface area is 147 Å². The van der Waals surface area contributed by atoms with Gasteiger partial charge < -0.3 is 10.6 Å². The van der Waals surface area contributed by atoms with E-state index in [-0.39, 0.29) is 24.1 Å². The van der Waals surface area contributed by atoms with Gasteiger partial charge in [0.1, 0.15) is 5.82 Å². The molecule has 130 valence electrons. The van der Waals surface area contributed by atoms with Gasteiger partial charge in [0.2, 0.25) is 0 Å². The average Bonchev–Trinajstić information content (AvgIpc) is 3.13. The summed E-state index contributed by atoms with van der Waals surface area (Å²) in [6.45, 7) is 5.75. The van der Waals surface area contributed by atoms with Crippen molar-refractivity contribution in [1.29, 1.82) is 0 Å².